The third kappa shape index (κ3) is 3.46. The summed E-state index contributed by atoms with van der Waals surface area (Å²) in [5.41, 5.74) is 5.88. The zero-order valence-corrected chi connectivity index (χ0v) is 17.0. The summed E-state index contributed by atoms with van der Waals surface area (Å²) in [4.78, 5) is 12.4. The summed E-state index contributed by atoms with van der Waals surface area (Å²) in [5.74, 6) is 1.43. The Morgan fingerprint density at radius 3 is 2.68 bits per heavy atom. The van der Waals surface area contributed by atoms with Gasteiger partial charge in [-0.15, -0.1) is 0 Å². The normalized spacial score (nSPS) is 22.5. The van der Waals surface area contributed by atoms with Crippen LogP contribution in [0.4, 0.5) is 5.69 Å². The van der Waals surface area contributed by atoms with Crippen LogP contribution in [0.2, 0.25) is 0 Å². The highest BCUT2D eigenvalue weighted by atomic mass is 16.1. The lowest BCUT2D eigenvalue weighted by Gasteiger charge is -2.37. The first-order chi connectivity index (χ1) is 13.6. The lowest BCUT2D eigenvalue weighted by atomic mass is 9.76. The Morgan fingerprint density at radius 2 is 1.96 bits per heavy atom. The fourth-order valence-electron chi connectivity index (χ4n) is 4.49. The van der Waals surface area contributed by atoms with Crippen molar-refractivity contribution in [1.82, 2.24) is 5.32 Å². The van der Waals surface area contributed by atoms with Crippen molar-refractivity contribution < 1.29 is 4.79 Å². The van der Waals surface area contributed by atoms with Crippen molar-refractivity contribution in [1.29, 1.82) is 0 Å². The Labute approximate surface area is 168 Å². The fraction of sp³-hybridized carbons (Fsp3) is 0.400. The van der Waals surface area contributed by atoms with E-state index in [1.807, 2.05) is 6.07 Å². The van der Waals surface area contributed by atoms with Gasteiger partial charge < -0.3 is 10.6 Å². The molecule has 2 aromatic rings. The number of carbonyl (C=O) groups is 1. The number of hydrogen-bond acceptors (Lipinski definition) is 2. The minimum atomic E-state index is 0.0228. The van der Waals surface area contributed by atoms with Gasteiger partial charge in [0.25, 0.3) is 5.91 Å². The second-order valence-corrected chi connectivity index (χ2v) is 8.35. The van der Waals surface area contributed by atoms with Gasteiger partial charge in [-0.3, -0.25) is 4.79 Å². The van der Waals surface area contributed by atoms with E-state index in [0.29, 0.717) is 30.3 Å². The number of rotatable bonds is 5. The molecule has 0 spiro atoms. The molecule has 0 saturated heterocycles. The van der Waals surface area contributed by atoms with Gasteiger partial charge in [0.05, 0.1) is 6.04 Å². The number of benzene rings is 2. The molecule has 28 heavy (non-hydrogen) atoms. The van der Waals surface area contributed by atoms with E-state index in [9.17, 15) is 4.79 Å². The predicted molar refractivity (Wildman–Crippen MR) is 116 cm³/mol. The molecule has 4 rings (SSSR count). The highest BCUT2D eigenvalue weighted by Gasteiger charge is 2.38. The van der Waals surface area contributed by atoms with Gasteiger partial charge in [-0.1, -0.05) is 57.2 Å². The molecule has 0 aromatic heterocycles. The van der Waals surface area contributed by atoms with Crippen LogP contribution in [0.15, 0.2) is 54.6 Å². The van der Waals surface area contributed by atoms with Gasteiger partial charge in [0, 0.05) is 23.7 Å². The highest BCUT2D eigenvalue weighted by molar-refractivity contribution is 5.95. The van der Waals surface area contributed by atoms with Crippen molar-refractivity contribution in [2.24, 2.45) is 5.92 Å². The van der Waals surface area contributed by atoms with Crippen molar-refractivity contribution in [2.45, 2.75) is 51.5 Å². The van der Waals surface area contributed by atoms with Crippen LogP contribution < -0.4 is 10.6 Å². The number of fused-ring (bicyclic) bond motifs is 3. The Kier molecular flexibility index (Phi) is 5.25. The topological polar surface area (TPSA) is 41.1 Å². The minimum absolute atomic E-state index is 0.0228. The van der Waals surface area contributed by atoms with Crippen LogP contribution in [-0.4, -0.2) is 12.5 Å². The summed E-state index contributed by atoms with van der Waals surface area (Å²) in [5, 5.41) is 6.76. The summed E-state index contributed by atoms with van der Waals surface area (Å²) in [6.45, 7) is 7.25. The van der Waals surface area contributed by atoms with E-state index in [4.69, 9.17) is 0 Å². The lowest BCUT2D eigenvalue weighted by molar-refractivity contribution is 0.0953. The summed E-state index contributed by atoms with van der Waals surface area (Å²) < 4.78 is 0. The molecule has 146 valence electrons. The Bertz CT molecular complexity index is 882. The zero-order chi connectivity index (χ0) is 19.7. The van der Waals surface area contributed by atoms with Crippen LogP contribution in [0.1, 0.15) is 78.5 Å². The first-order valence-corrected chi connectivity index (χ1v) is 10.5. The Balaban J connectivity index is 1.63. The van der Waals surface area contributed by atoms with Gasteiger partial charge in [0.1, 0.15) is 0 Å². The molecule has 2 aliphatic rings. The maximum Gasteiger partial charge on any atom is 0.251 e. The van der Waals surface area contributed by atoms with Gasteiger partial charge in [-0.05, 0) is 59.6 Å². The molecule has 0 radical (unpaired) electrons. The maximum atomic E-state index is 12.4. The maximum absolute atomic E-state index is 12.4. The van der Waals surface area contributed by atoms with Crippen molar-refractivity contribution in [3.05, 3.63) is 76.9 Å². The third-order valence-corrected chi connectivity index (χ3v) is 6.12. The molecular formula is C25H30N2O. The second-order valence-electron chi connectivity index (χ2n) is 8.35. The molecule has 3 nitrogen and oxygen atoms in total. The number of nitrogens with one attached hydrogen (secondary N) is 2. The van der Waals surface area contributed by atoms with Crippen LogP contribution in [0, 0.1) is 5.92 Å². The second kappa shape index (κ2) is 7.83. The lowest BCUT2D eigenvalue weighted by Crippen LogP contribution is -2.30. The summed E-state index contributed by atoms with van der Waals surface area (Å²) in [6.07, 6.45) is 6.64. The molecule has 2 aromatic carbocycles. The van der Waals surface area contributed by atoms with Crippen LogP contribution in [0.3, 0.4) is 0 Å². The number of allylic oxidation sites excluding steroid dienone is 2. The number of amides is 1. The summed E-state index contributed by atoms with van der Waals surface area (Å²) in [7, 11) is 0. The van der Waals surface area contributed by atoms with Crippen LogP contribution >= 0.6 is 0 Å². The summed E-state index contributed by atoms with van der Waals surface area (Å²) >= 11 is 0. The van der Waals surface area contributed by atoms with Gasteiger partial charge in [0.2, 0.25) is 0 Å². The van der Waals surface area contributed by atoms with Crippen LogP contribution in [0.25, 0.3) is 0 Å². The van der Waals surface area contributed by atoms with E-state index in [0.717, 1.165) is 24.1 Å². The van der Waals surface area contributed by atoms with Crippen molar-refractivity contribution in [3.8, 4) is 0 Å². The Hall–Kier alpha value is -2.55. The monoisotopic (exact) mass is 374 g/mol. The zero-order valence-electron chi connectivity index (χ0n) is 17.0. The van der Waals surface area contributed by atoms with Gasteiger partial charge in [-0.2, -0.15) is 0 Å². The summed E-state index contributed by atoms with van der Waals surface area (Å²) in [6, 6.07) is 15.5. The minimum Gasteiger partial charge on any atom is -0.378 e. The van der Waals surface area contributed by atoms with Gasteiger partial charge in [0.15, 0.2) is 0 Å². The van der Waals surface area contributed by atoms with Crippen molar-refractivity contribution >= 4 is 11.6 Å². The van der Waals surface area contributed by atoms with E-state index < -0.39 is 0 Å². The molecule has 3 unspecified atom stereocenters. The fourth-order valence-corrected chi connectivity index (χ4v) is 4.49. The molecule has 1 heterocycles. The van der Waals surface area contributed by atoms with Gasteiger partial charge in [-0.25, -0.2) is 0 Å². The molecule has 1 aliphatic heterocycles. The molecular weight excluding hydrogens is 344 g/mol. The first-order valence-electron chi connectivity index (χ1n) is 10.5. The van der Waals surface area contributed by atoms with E-state index in [2.05, 4.69) is 80.0 Å². The molecule has 0 saturated carbocycles. The third-order valence-electron chi connectivity index (χ3n) is 6.12. The molecule has 0 bridgehead atoms. The SMILES string of the molecule is CCCNC(=O)c1ccc2c(c1)C1C=CCC1C(c1ccc(C(C)C)cc1)N2. The largest absolute Gasteiger partial charge is 0.378 e. The average molecular weight is 375 g/mol. The number of hydrogen-bond donors (Lipinski definition) is 2. The predicted octanol–water partition coefficient (Wildman–Crippen LogP) is 5.78. The molecule has 1 amide bonds. The van der Waals surface area contributed by atoms with Gasteiger partial charge >= 0.3 is 0 Å². The number of anilines is 1. The van der Waals surface area contributed by atoms with Crippen LogP contribution in [0.5, 0.6) is 0 Å². The van der Waals surface area contributed by atoms with E-state index in [-0.39, 0.29) is 5.91 Å². The molecule has 0 fully saturated rings. The number of carbonyl (C=O) groups excluding carboxylic acids is 1. The van der Waals surface area contributed by atoms with Crippen LogP contribution in [-0.2, 0) is 0 Å². The van der Waals surface area contributed by atoms with Crippen molar-refractivity contribution in [2.75, 3.05) is 11.9 Å². The van der Waals surface area contributed by atoms with Crippen molar-refractivity contribution in [3.63, 3.8) is 0 Å². The molecule has 3 atom stereocenters. The average Bonchev–Trinajstić information content (AvgIpc) is 3.21. The quantitative estimate of drug-likeness (QED) is 0.652. The Morgan fingerprint density at radius 1 is 1.18 bits per heavy atom. The van der Waals surface area contributed by atoms with E-state index in [1.165, 1.54) is 16.7 Å². The molecule has 3 heteroatoms. The highest BCUT2D eigenvalue weighted by Crippen LogP contribution is 2.50. The van der Waals surface area contributed by atoms with E-state index in [1.54, 1.807) is 0 Å². The smallest absolute Gasteiger partial charge is 0.251 e. The van der Waals surface area contributed by atoms with E-state index >= 15 is 0 Å². The first kappa shape index (κ1) is 18.8. The molecule has 2 N–H and O–H groups in total. The standard InChI is InChI=1S/C25H30N2O/c1-4-14-26-25(28)19-12-13-23-22(15-19)20-6-5-7-21(20)24(27-23)18-10-8-17(9-11-18)16(2)3/h5-6,8-13,15-16,20-21,24,27H,4,7,14H2,1-3H3,(H,26,28). The molecule has 1 aliphatic carbocycles.